The summed E-state index contributed by atoms with van der Waals surface area (Å²) in [6.45, 7) is 4.21. The molecule has 1 aliphatic heterocycles. The maximum absolute atomic E-state index is 11.0. The number of carboxylic acids is 1. The molecule has 0 aromatic rings. The summed E-state index contributed by atoms with van der Waals surface area (Å²) in [6.07, 6.45) is 10.6. The zero-order valence-electron chi connectivity index (χ0n) is 18.9. The van der Waals surface area contributed by atoms with Gasteiger partial charge in [-0.05, 0) is 6.42 Å². The van der Waals surface area contributed by atoms with E-state index in [2.05, 4.69) is 11.8 Å². The summed E-state index contributed by atoms with van der Waals surface area (Å²) in [4.78, 5) is 12.7. The molecule has 31 heavy (non-hydrogen) atoms. The second-order valence-electron chi connectivity index (χ2n) is 8.28. The largest absolute Gasteiger partial charge is 0.480 e. The van der Waals surface area contributed by atoms with Crippen molar-refractivity contribution in [2.75, 3.05) is 45.1 Å². The SMILES string of the molecule is CCCCCCCCCCCC1=[N+](CC(O)CS(=O)(=O)O)CCN1CCOCC(=O)O. The third kappa shape index (κ3) is 13.7. The van der Waals surface area contributed by atoms with E-state index in [1.165, 1.54) is 44.9 Å². The topological polar surface area (TPSA) is 127 Å². The maximum Gasteiger partial charge on any atom is 0.329 e. The fourth-order valence-corrected chi connectivity index (χ4v) is 4.52. The van der Waals surface area contributed by atoms with Gasteiger partial charge in [-0.1, -0.05) is 58.3 Å². The Morgan fingerprint density at radius 2 is 1.74 bits per heavy atom. The Hall–Kier alpha value is -1.23. The third-order valence-electron chi connectivity index (χ3n) is 5.44. The third-order valence-corrected chi connectivity index (χ3v) is 6.25. The van der Waals surface area contributed by atoms with Crippen molar-refractivity contribution in [3.63, 3.8) is 0 Å². The van der Waals surface area contributed by atoms with Crippen molar-refractivity contribution in [3.8, 4) is 0 Å². The minimum absolute atomic E-state index is 0.138. The minimum atomic E-state index is -4.23. The van der Waals surface area contributed by atoms with Gasteiger partial charge in [0.1, 0.15) is 44.6 Å². The van der Waals surface area contributed by atoms with Gasteiger partial charge in [-0.3, -0.25) is 14.0 Å². The summed E-state index contributed by atoms with van der Waals surface area (Å²) in [5, 5.41) is 18.7. The van der Waals surface area contributed by atoms with E-state index in [1.54, 1.807) is 0 Å². The van der Waals surface area contributed by atoms with Gasteiger partial charge in [0.15, 0.2) is 0 Å². The first kappa shape index (κ1) is 27.8. The van der Waals surface area contributed by atoms with Gasteiger partial charge in [0.2, 0.25) is 5.84 Å². The average Bonchev–Trinajstić information content (AvgIpc) is 3.03. The second kappa shape index (κ2) is 15.6. The highest BCUT2D eigenvalue weighted by atomic mass is 32.2. The standard InChI is InChI=1S/C21H40N2O7S/c1-2-3-4-5-6-7-8-9-10-11-20-22(14-15-30-17-21(25)26)12-13-23(20)16-19(24)18-31(27,28)29/h19,24H,2-18H2,1H3,(H-,25,26,27,28,29)/p+1. The summed E-state index contributed by atoms with van der Waals surface area (Å²) in [7, 11) is -4.23. The lowest BCUT2D eigenvalue weighted by Crippen LogP contribution is -2.35. The highest BCUT2D eigenvalue weighted by Gasteiger charge is 2.31. The lowest BCUT2D eigenvalue weighted by Gasteiger charge is -2.15. The van der Waals surface area contributed by atoms with Crippen LogP contribution >= 0.6 is 0 Å². The molecule has 0 spiro atoms. The van der Waals surface area contributed by atoms with Crippen molar-refractivity contribution < 1.29 is 37.3 Å². The number of unbranched alkanes of at least 4 members (excludes halogenated alkanes) is 8. The van der Waals surface area contributed by atoms with E-state index in [-0.39, 0.29) is 19.8 Å². The molecular weight excluding hydrogens is 424 g/mol. The number of rotatable bonds is 19. The summed E-state index contributed by atoms with van der Waals surface area (Å²) in [5.41, 5.74) is 0. The molecule has 9 nitrogen and oxygen atoms in total. The maximum atomic E-state index is 11.0. The Morgan fingerprint density at radius 1 is 1.13 bits per heavy atom. The molecule has 0 aromatic carbocycles. The number of ether oxygens (including phenoxy) is 1. The molecule has 1 heterocycles. The molecule has 0 bridgehead atoms. The zero-order chi connectivity index (χ0) is 23.1. The van der Waals surface area contributed by atoms with Crippen molar-refractivity contribution in [2.45, 2.75) is 77.2 Å². The van der Waals surface area contributed by atoms with Gasteiger partial charge in [0, 0.05) is 6.42 Å². The molecule has 0 saturated heterocycles. The van der Waals surface area contributed by atoms with Crippen molar-refractivity contribution in [1.82, 2.24) is 4.90 Å². The molecule has 182 valence electrons. The van der Waals surface area contributed by atoms with Crippen LogP contribution in [0.3, 0.4) is 0 Å². The van der Waals surface area contributed by atoms with Crippen LogP contribution in [0.5, 0.6) is 0 Å². The van der Waals surface area contributed by atoms with Gasteiger partial charge in [0.25, 0.3) is 10.1 Å². The van der Waals surface area contributed by atoms with Gasteiger partial charge < -0.3 is 14.9 Å². The quantitative estimate of drug-likeness (QED) is 0.150. The number of hydrogen-bond donors (Lipinski definition) is 3. The van der Waals surface area contributed by atoms with Crippen molar-refractivity contribution in [1.29, 1.82) is 0 Å². The zero-order valence-corrected chi connectivity index (χ0v) is 19.7. The van der Waals surface area contributed by atoms with Crippen LogP contribution in [0.15, 0.2) is 0 Å². The van der Waals surface area contributed by atoms with Crippen LogP contribution in [-0.4, -0.2) is 95.7 Å². The molecule has 1 atom stereocenters. The normalized spacial score (nSPS) is 15.6. The average molecular weight is 466 g/mol. The van der Waals surface area contributed by atoms with Crippen molar-refractivity contribution in [2.24, 2.45) is 0 Å². The van der Waals surface area contributed by atoms with Crippen LogP contribution in [0.2, 0.25) is 0 Å². The van der Waals surface area contributed by atoms with E-state index in [9.17, 15) is 18.3 Å². The summed E-state index contributed by atoms with van der Waals surface area (Å²) >= 11 is 0. The Bertz CT molecular complexity index is 652. The molecule has 3 N–H and O–H groups in total. The van der Waals surface area contributed by atoms with Crippen molar-refractivity contribution in [3.05, 3.63) is 0 Å². The van der Waals surface area contributed by atoms with Crippen molar-refractivity contribution >= 4 is 21.9 Å². The highest BCUT2D eigenvalue weighted by molar-refractivity contribution is 7.85. The van der Waals surface area contributed by atoms with Crippen LogP contribution in [0, 0.1) is 0 Å². The van der Waals surface area contributed by atoms with Gasteiger partial charge in [-0.2, -0.15) is 8.42 Å². The summed E-state index contributed by atoms with van der Waals surface area (Å²) < 4.78 is 38.2. The van der Waals surface area contributed by atoms with Gasteiger partial charge in [-0.25, -0.2) is 4.79 Å². The predicted octanol–water partition coefficient (Wildman–Crippen LogP) is 1.98. The van der Waals surface area contributed by atoms with E-state index in [0.717, 1.165) is 25.1 Å². The van der Waals surface area contributed by atoms with Crippen LogP contribution in [0.25, 0.3) is 0 Å². The predicted molar refractivity (Wildman–Crippen MR) is 119 cm³/mol. The summed E-state index contributed by atoms with van der Waals surface area (Å²) in [5.74, 6) is -0.664. The number of β-amino-alcohol motifs (C(OH)–C–C–N with tert-alkyl or cyclic N) is 1. The lowest BCUT2D eigenvalue weighted by molar-refractivity contribution is -0.527. The monoisotopic (exact) mass is 465 g/mol. The first-order valence-electron chi connectivity index (χ1n) is 11.5. The second-order valence-corrected chi connectivity index (χ2v) is 9.77. The number of aliphatic hydroxyl groups excluding tert-OH is 1. The van der Waals surface area contributed by atoms with Crippen LogP contribution in [0.4, 0.5) is 0 Å². The molecule has 1 rings (SSSR count). The van der Waals surface area contributed by atoms with Gasteiger partial charge in [0.05, 0.1) is 6.61 Å². The molecule has 10 heteroatoms. The molecule has 0 saturated carbocycles. The Balaban J connectivity index is 2.52. The molecule has 0 fully saturated rings. The molecule has 0 aromatic heterocycles. The Labute approximate surface area is 186 Å². The van der Waals surface area contributed by atoms with Crippen LogP contribution in [0.1, 0.15) is 71.1 Å². The fourth-order valence-electron chi connectivity index (χ4n) is 3.93. The van der Waals surface area contributed by atoms with E-state index in [0.29, 0.717) is 19.6 Å². The Kier molecular flexibility index (Phi) is 13.9. The highest BCUT2D eigenvalue weighted by Crippen LogP contribution is 2.14. The Morgan fingerprint density at radius 3 is 2.32 bits per heavy atom. The minimum Gasteiger partial charge on any atom is -0.480 e. The fraction of sp³-hybridized carbons (Fsp3) is 0.905. The lowest BCUT2D eigenvalue weighted by atomic mass is 10.1. The number of nitrogens with zero attached hydrogens (tertiary/aromatic N) is 2. The number of carboxylic acid groups (broad SMARTS) is 1. The molecule has 1 unspecified atom stereocenters. The number of aliphatic carboxylic acids is 1. The van der Waals surface area contributed by atoms with E-state index >= 15 is 0 Å². The van der Waals surface area contributed by atoms with Gasteiger partial charge >= 0.3 is 5.97 Å². The smallest absolute Gasteiger partial charge is 0.329 e. The molecular formula is C21H41N2O7S+. The number of aliphatic hydroxyl groups is 1. The molecule has 0 radical (unpaired) electrons. The first-order valence-corrected chi connectivity index (χ1v) is 13.1. The number of carbonyl (C=O) groups is 1. The number of hydrogen-bond acceptors (Lipinski definition) is 6. The number of amidine groups is 1. The van der Waals surface area contributed by atoms with E-state index in [4.69, 9.17) is 14.4 Å². The van der Waals surface area contributed by atoms with Crippen LogP contribution < -0.4 is 0 Å². The molecule has 1 aliphatic rings. The molecule has 0 amide bonds. The van der Waals surface area contributed by atoms with Gasteiger partial charge in [-0.15, -0.1) is 0 Å². The van der Waals surface area contributed by atoms with Crippen LogP contribution in [-0.2, 0) is 19.6 Å². The molecule has 0 aliphatic carbocycles. The summed E-state index contributed by atoms with van der Waals surface area (Å²) in [6, 6.07) is 0. The first-order chi connectivity index (χ1) is 14.7. The van der Waals surface area contributed by atoms with E-state index in [1.807, 2.05) is 4.58 Å². The van der Waals surface area contributed by atoms with E-state index < -0.39 is 27.9 Å².